The standard InChI is InChI=1S/C18H28N2O3/c1-14(2)9-11-23-16-7-5-15(6-8-16)19-13-18(21)20-12-17-4-3-10-22-17/h5-8,14,17,19H,3-4,9-13H2,1-2H3,(H,20,21). The van der Waals surface area contributed by atoms with Crippen molar-refractivity contribution < 1.29 is 14.3 Å². The van der Waals surface area contributed by atoms with Crippen LogP contribution >= 0.6 is 0 Å². The van der Waals surface area contributed by atoms with Crippen molar-refractivity contribution in [3.63, 3.8) is 0 Å². The van der Waals surface area contributed by atoms with Crippen LogP contribution in [0, 0.1) is 5.92 Å². The van der Waals surface area contributed by atoms with Gasteiger partial charge in [-0.3, -0.25) is 4.79 Å². The zero-order chi connectivity index (χ0) is 16.5. The third-order valence-corrected chi connectivity index (χ3v) is 3.82. The monoisotopic (exact) mass is 320 g/mol. The van der Waals surface area contributed by atoms with E-state index < -0.39 is 0 Å². The van der Waals surface area contributed by atoms with Gasteiger partial charge in [0.15, 0.2) is 0 Å². The van der Waals surface area contributed by atoms with Gasteiger partial charge in [-0.2, -0.15) is 0 Å². The Labute approximate surface area is 138 Å². The minimum Gasteiger partial charge on any atom is -0.494 e. The Balaban J connectivity index is 1.63. The van der Waals surface area contributed by atoms with Gasteiger partial charge in [-0.05, 0) is 49.4 Å². The van der Waals surface area contributed by atoms with Crippen LogP contribution in [-0.4, -0.2) is 38.3 Å². The molecule has 1 saturated heterocycles. The van der Waals surface area contributed by atoms with Gasteiger partial charge in [-0.1, -0.05) is 13.8 Å². The predicted molar refractivity (Wildman–Crippen MR) is 91.9 cm³/mol. The van der Waals surface area contributed by atoms with Gasteiger partial charge in [0.2, 0.25) is 5.91 Å². The number of rotatable bonds is 9. The van der Waals surface area contributed by atoms with Gasteiger partial charge in [-0.25, -0.2) is 0 Å². The summed E-state index contributed by atoms with van der Waals surface area (Å²) in [5.41, 5.74) is 0.911. The molecule has 1 atom stereocenters. The van der Waals surface area contributed by atoms with Crippen molar-refractivity contribution in [3.8, 4) is 5.75 Å². The second kappa shape index (κ2) is 9.40. The highest BCUT2D eigenvalue weighted by Gasteiger charge is 2.15. The Hall–Kier alpha value is -1.75. The third kappa shape index (κ3) is 6.91. The fraction of sp³-hybridized carbons (Fsp3) is 0.611. The van der Waals surface area contributed by atoms with Crippen LogP contribution in [0.2, 0.25) is 0 Å². The van der Waals surface area contributed by atoms with Gasteiger partial charge >= 0.3 is 0 Å². The van der Waals surface area contributed by atoms with Crippen molar-refractivity contribution >= 4 is 11.6 Å². The van der Waals surface area contributed by atoms with Crippen LogP contribution in [0.15, 0.2) is 24.3 Å². The van der Waals surface area contributed by atoms with Crippen LogP contribution in [0.1, 0.15) is 33.1 Å². The average molecular weight is 320 g/mol. The quantitative estimate of drug-likeness (QED) is 0.734. The molecular formula is C18H28N2O3. The molecule has 0 radical (unpaired) electrons. The molecule has 1 aromatic carbocycles. The molecule has 2 rings (SSSR count). The molecule has 23 heavy (non-hydrogen) atoms. The van der Waals surface area contributed by atoms with E-state index in [2.05, 4.69) is 24.5 Å². The van der Waals surface area contributed by atoms with Crippen molar-refractivity contribution in [1.82, 2.24) is 5.32 Å². The topological polar surface area (TPSA) is 59.6 Å². The third-order valence-electron chi connectivity index (χ3n) is 3.82. The summed E-state index contributed by atoms with van der Waals surface area (Å²) in [7, 11) is 0. The van der Waals surface area contributed by atoms with E-state index in [4.69, 9.17) is 9.47 Å². The van der Waals surface area contributed by atoms with Gasteiger partial charge in [-0.15, -0.1) is 0 Å². The molecule has 1 aliphatic rings. The van der Waals surface area contributed by atoms with Crippen LogP contribution in [0.4, 0.5) is 5.69 Å². The first-order valence-corrected chi connectivity index (χ1v) is 8.48. The molecule has 5 heteroatoms. The molecule has 1 aliphatic heterocycles. The van der Waals surface area contributed by atoms with E-state index in [9.17, 15) is 4.79 Å². The van der Waals surface area contributed by atoms with Crippen molar-refractivity contribution in [1.29, 1.82) is 0 Å². The van der Waals surface area contributed by atoms with Crippen molar-refractivity contribution in [3.05, 3.63) is 24.3 Å². The van der Waals surface area contributed by atoms with Crippen LogP contribution in [0.3, 0.4) is 0 Å². The lowest BCUT2D eigenvalue weighted by molar-refractivity contribution is -0.119. The minimum atomic E-state index is -0.0160. The average Bonchev–Trinajstić information content (AvgIpc) is 3.05. The number of carbonyl (C=O) groups is 1. The van der Waals surface area contributed by atoms with E-state index in [0.717, 1.165) is 43.9 Å². The Kier molecular flexibility index (Phi) is 7.20. The number of ether oxygens (including phenoxy) is 2. The predicted octanol–water partition coefficient (Wildman–Crippen LogP) is 2.82. The van der Waals surface area contributed by atoms with Gasteiger partial charge in [0.1, 0.15) is 5.75 Å². The molecule has 1 aromatic rings. The van der Waals surface area contributed by atoms with E-state index in [0.29, 0.717) is 12.5 Å². The lowest BCUT2D eigenvalue weighted by Gasteiger charge is -2.12. The highest BCUT2D eigenvalue weighted by molar-refractivity contribution is 5.80. The summed E-state index contributed by atoms with van der Waals surface area (Å²) >= 11 is 0. The summed E-state index contributed by atoms with van der Waals surface area (Å²) in [5.74, 6) is 1.49. The van der Waals surface area contributed by atoms with Crippen LogP contribution in [0.25, 0.3) is 0 Å². The molecule has 0 aliphatic carbocycles. The first-order valence-electron chi connectivity index (χ1n) is 8.48. The zero-order valence-corrected chi connectivity index (χ0v) is 14.1. The highest BCUT2D eigenvalue weighted by Crippen LogP contribution is 2.16. The minimum absolute atomic E-state index is 0.0160. The smallest absolute Gasteiger partial charge is 0.239 e. The lowest BCUT2D eigenvalue weighted by atomic mass is 10.1. The fourth-order valence-corrected chi connectivity index (χ4v) is 2.36. The Bertz CT molecular complexity index is 468. The zero-order valence-electron chi connectivity index (χ0n) is 14.1. The first kappa shape index (κ1) is 17.6. The summed E-state index contributed by atoms with van der Waals surface area (Å²) in [6.45, 7) is 6.77. The molecule has 5 nitrogen and oxygen atoms in total. The van der Waals surface area contributed by atoms with Gasteiger partial charge in [0.05, 0.1) is 19.3 Å². The van der Waals surface area contributed by atoms with E-state index in [1.807, 2.05) is 24.3 Å². The van der Waals surface area contributed by atoms with Crippen LogP contribution in [-0.2, 0) is 9.53 Å². The number of hydrogen-bond donors (Lipinski definition) is 2. The lowest BCUT2D eigenvalue weighted by Crippen LogP contribution is -2.35. The molecule has 0 saturated carbocycles. The van der Waals surface area contributed by atoms with Crippen LogP contribution in [0.5, 0.6) is 5.75 Å². The van der Waals surface area contributed by atoms with Crippen molar-refractivity contribution in [2.24, 2.45) is 5.92 Å². The maximum absolute atomic E-state index is 11.8. The molecule has 0 spiro atoms. The SMILES string of the molecule is CC(C)CCOc1ccc(NCC(=O)NCC2CCCO2)cc1. The summed E-state index contributed by atoms with van der Waals surface area (Å²) in [6, 6.07) is 7.70. The second-order valence-electron chi connectivity index (χ2n) is 6.35. The Morgan fingerprint density at radius 3 is 2.78 bits per heavy atom. The van der Waals surface area contributed by atoms with Crippen molar-refractivity contribution in [2.75, 3.05) is 31.6 Å². The second-order valence-corrected chi connectivity index (χ2v) is 6.35. The number of carbonyl (C=O) groups excluding carboxylic acids is 1. The van der Waals surface area contributed by atoms with E-state index in [1.54, 1.807) is 0 Å². The number of nitrogens with one attached hydrogen (secondary N) is 2. The number of amides is 1. The van der Waals surface area contributed by atoms with Gasteiger partial charge in [0.25, 0.3) is 0 Å². The Morgan fingerprint density at radius 1 is 1.35 bits per heavy atom. The molecule has 1 amide bonds. The highest BCUT2D eigenvalue weighted by atomic mass is 16.5. The summed E-state index contributed by atoms with van der Waals surface area (Å²) < 4.78 is 11.1. The molecule has 0 aromatic heterocycles. The maximum Gasteiger partial charge on any atom is 0.239 e. The summed E-state index contributed by atoms with van der Waals surface area (Å²) in [4.78, 5) is 11.8. The van der Waals surface area contributed by atoms with E-state index >= 15 is 0 Å². The van der Waals surface area contributed by atoms with E-state index in [-0.39, 0.29) is 18.6 Å². The molecule has 1 fully saturated rings. The van der Waals surface area contributed by atoms with Crippen molar-refractivity contribution in [2.45, 2.75) is 39.2 Å². The number of hydrogen-bond acceptors (Lipinski definition) is 4. The molecule has 128 valence electrons. The molecular weight excluding hydrogens is 292 g/mol. The van der Waals surface area contributed by atoms with Gasteiger partial charge in [0, 0.05) is 18.8 Å². The van der Waals surface area contributed by atoms with Crippen LogP contribution < -0.4 is 15.4 Å². The Morgan fingerprint density at radius 2 is 2.13 bits per heavy atom. The molecule has 2 N–H and O–H groups in total. The molecule has 1 unspecified atom stereocenters. The van der Waals surface area contributed by atoms with Gasteiger partial charge < -0.3 is 20.1 Å². The number of benzene rings is 1. The molecule has 0 bridgehead atoms. The first-order chi connectivity index (χ1) is 11.1. The molecule has 1 heterocycles. The summed E-state index contributed by atoms with van der Waals surface area (Å²) in [5, 5.41) is 6.01. The normalized spacial score (nSPS) is 17.3. The summed E-state index contributed by atoms with van der Waals surface area (Å²) in [6.07, 6.45) is 3.35. The maximum atomic E-state index is 11.8. The van der Waals surface area contributed by atoms with E-state index in [1.165, 1.54) is 0 Å². The largest absolute Gasteiger partial charge is 0.494 e. The number of anilines is 1. The fourth-order valence-electron chi connectivity index (χ4n) is 2.36.